The Morgan fingerprint density at radius 2 is 1.95 bits per heavy atom. The Hall–Kier alpha value is -1.61. The van der Waals surface area contributed by atoms with Crippen LogP contribution in [0.15, 0.2) is 24.3 Å². The number of hydrogen-bond acceptors (Lipinski definition) is 5. The van der Waals surface area contributed by atoms with Crippen LogP contribution in [-0.4, -0.2) is 54.6 Å². The highest BCUT2D eigenvalue weighted by molar-refractivity contribution is 5.34. The first-order chi connectivity index (χ1) is 10.2. The van der Waals surface area contributed by atoms with Crippen molar-refractivity contribution in [2.75, 3.05) is 26.2 Å². The van der Waals surface area contributed by atoms with E-state index < -0.39 is 6.10 Å². The summed E-state index contributed by atoms with van der Waals surface area (Å²) in [6.07, 6.45) is 2.45. The molecule has 1 N–H and O–H groups in total. The summed E-state index contributed by atoms with van der Waals surface area (Å²) in [4.78, 5) is 2.26. The van der Waals surface area contributed by atoms with Crippen molar-refractivity contribution in [2.45, 2.75) is 31.2 Å². The molecule has 1 aromatic carbocycles. The Balaban J connectivity index is 1.43. The second-order valence-electron chi connectivity index (χ2n) is 5.78. The van der Waals surface area contributed by atoms with Gasteiger partial charge < -0.3 is 14.6 Å². The second kappa shape index (κ2) is 6.44. The van der Waals surface area contributed by atoms with E-state index in [2.05, 4.69) is 11.0 Å². The van der Waals surface area contributed by atoms with Crippen molar-refractivity contribution in [3.05, 3.63) is 29.8 Å². The number of β-amino-alcohol motifs (C(OH)–C–C–N with tert-alkyl or cyclic N) is 1. The third-order valence-corrected chi connectivity index (χ3v) is 4.01. The molecule has 0 aromatic heterocycles. The number of nitrogens with zero attached hydrogens (tertiary/aromatic N) is 2. The average molecular weight is 288 g/mol. The highest BCUT2D eigenvalue weighted by atomic mass is 16.5. The van der Waals surface area contributed by atoms with Gasteiger partial charge in [0.05, 0.1) is 23.8 Å². The van der Waals surface area contributed by atoms with Crippen LogP contribution in [0.2, 0.25) is 0 Å². The van der Waals surface area contributed by atoms with Gasteiger partial charge >= 0.3 is 0 Å². The highest BCUT2D eigenvalue weighted by Gasteiger charge is 2.34. The lowest BCUT2D eigenvalue weighted by Crippen LogP contribution is -2.46. The van der Waals surface area contributed by atoms with E-state index in [1.165, 1.54) is 0 Å². The summed E-state index contributed by atoms with van der Waals surface area (Å²) >= 11 is 0. The van der Waals surface area contributed by atoms with E-state index in [4.69, 9.17) is 14.7 Å². The number of likely N-dealkylation sites (tertiary alicyclic amines) is 1. The Labute approximate surface area is 124 Å². The normalized spacial score (nSPS) is 26.3. The van der Waals surface area contributed by atoms with Crippen LogP contribution < -0.4 is 4.74 Å². The Morgan fingerprint density at radius 1 is 1.29 bits per heavy atom. The molecule has 2 heterocycles. The fraction of sp³-hybridized carbons (Fsp3) is 0.562. The molecule has 2 aliphatic rings. The number of aliphatic hydroxyl groups excluding tert-OH is 1. The van der Waals surface area contributed by atoms with Gasteiger partial charge in [-0.25, -0.2) is 0 Å². The summed E-state index contributed by atoms with van der Waals surface area (Å²) in [6.45, 7) is 2.69. The molecule has 0 spiro atoms. The van der Waals surface area contributed by atoms with E-state index in [0.29, 0.717) is 30.1 Å². The molecule has 3 atom stereocenters. The molecule has 5 nitrogen and oxygen atoms in total. The number of fused-ring (bicyclic) bond motifs is 2. The number of nitriles is 1. The molecule has 2 bridgehead atoms. The van der Waals surface area contributed by atoms with E-state index >= 15 is 0 Å². The molecule has 3 rings (SSSR count). The predicted octanol–water partition coefficient (Wildman–Crippen LogP) is 1.16. The zero-order valence-corrected chi connectivity index (χ0v) is 11.9. The monoisotopic (exact) mass is 288 g/mol. The van der Waals surface area contributed by atoms with Gasteiger partial charge in [0.1, 0.15) is 18.5 Å². The van der Waals surface area contributed by atoms with Crippen LogP contribution in [0.4, 0.5) is 0 Å². The first-order valence-corrected chi connectivity index (χ1v) is 7.42. The predicted molar refractivity (Wildman–Crippen MR) is 77.0 cm³/mol. The smallest absolute Gasteiger partial charge is 0.119 e. The molecule has 0 saturated carbocycles. The van der Waals surface area contributed by atoms with Crippen LogP contribution in [0.5, 0.6) is 5.75 Å². The molecule has 3 unspecified atom stereocenters. The molecule has 5 heteroatoms. The van der Waals surface area contributed by atoms with Gasteiger partial charge in [-0.2, -0.15) is 5.26 Å². The zero-order valence-electron chi connectivity index (χ0n) is 11.9. The average Bonchev–Trinajstić information content (AvgIpc) is 2.84. The quantitative estimate of drug-likeness (QED) is 0.881. The Morgan fingerprint density at radius 3 is 2.57 bits per heavy atom. The van der Waals surface area contributed by atoms with Gasteiger partial charge in [0.2, 0.25) is 0 Å². The van der Waals surface area contributed by atoms with Crippen molar-refractivity contribution >= 4 is 0 Å². The standard InChI is InChI=1S/C16H20N2O3/c17-7-12-1-3-14(4-2-12)20-11-13(19)8-18-9-15-5-6-16(10-18)21-15/h1-4,13,15-16,19H,5-6,8-11H2. The summed E-state index contributed by atoms with van der Waals surface area (Å²) in [7, 11) is 0. The van der Waals surface area contributed by atoms with E-state index in [1.807, 2.05) is 0 Å². The topological polar surface area (TPSA) is 65.7 Å². The molecule has 0 aliphatic carbocycles. The molecule has 1 aromatic rings. The summed E-state index contributed by atoms with van der Waals surface area (Å²) in [5.74, 6) is 0.676. The summed E-state index contributed by atoms with van der Waals surface area (Å²) < 4.78 is 11.3. The molecule has 2 saturated heterocycles. The van der Waals surface area contributed by atoms with Crippen molar-refractivity contribution in [2.24, 2.45) is 0 Å². The van der Waals surface area contributed by atoms with Gasteiger partial charge in [-0.1, -0.05) is 0 Å². The van der Waals surface area contributed by atoms with E-state index in [0.717, 1.165) is 25.9 Å². The number of aliphatic hydroxyl groups is 1. The van der Waals surface area contributed by atoms with Crippen LogP contribution in [0.1, 0.15) is 18.4 Å². The third-order valence-electron chi connectivity index (χ3n) is 4.01. The van der Waals surface area contributed by atoms with Gasteiger partial charge in [0, 0.05) is 19.6 Å². The maximum atomic E-state index is 10.1. The largest absolute Gasteiger partial charge is 0.491 e. The first kappa shape index (κ1) is 14.3. The number of ether oxygens (including phenoxy) is 2. The van der Waals surface area contributed by atoms with E-state index in [9.17, 15) is 5.11 Å². The fourth-order valence-corrected chi connectivity index (χ4v) is 3.02. The van der Waals surface area contributed by atoms with Crippen molar-refractivity contribution < 1.29 is 14.6 Å². The number of rotatable bonds is 5. The lowest BCUT2D eigenvalue weighted by Gasteiger charge is -2.33. The molecular weight excluding hydrogens is 268 g/mol. The number of morpholine rings is 1. The number of benzene rings is 1. The minimum atomic E-state index is -0.516. The lowest BCUT2D eigenvalue weighted by molar-refractivity contribution is -0.0528. The molecule has 112 valence electrons. The first-order valence-electron chi connectivity index (χ1n) is 7.42. The minimum Gasteiger partial charge on any atom is -0.491 e. The second-order valence-corrected chi connectivity index (χ2v) is 5.78. The van der Waals surface area contributed by atoms with Crippen molar-refractivity contribution in [1.29, 1.82) is 5.26 Å². The Bertz CT molecular complexity index is 499. The maximum Gasteiger partial charge on any atom is 0.119 e. The lowest BCUT2D eigenvalue weighted by atomic mass is 10.2. The van der Waals surface area contributed by atoms with Crippen molar-refractivity contribution in [3.63, 3.8) is 0 Å². The molecule has 2 fully saturated rings. The van der Waals surface area contributed by atoms with Crippen LogP contribution in [0, 0.1) is 11.3 Å². The van der Waals surface area contributed by atoms with Crippen LogP contribution in [-0.2, 0) is 4.74 Å². The summed E-state index contributed by atoms with van der Waals surface area (Å²) in [5.41, 5.74) is 0.603. The van der Waals surface area contributed by atoms with Crippen LogP contribution >= 0.6 is 0 Å². The van der Waals surface area contributed by atoms with Gasteiger partial charge in [0.25, 0.3) is 0 Å². The van der Waals surface area contributed by atoms with Gasteiger partial charge in [-0.3, -0.25) is 4.90 Å². The molecule has 21 heavy (non-hydrogen) atoms. The van der Waals surface area contributed by atoms with Crippen molar-refractivity contribution in [1.82, 2.24) is 4.90 Å². The highest BCUT2D eigenvalue weighted by Crippen LogP contribution is 2.26. The van der Waals surface area contributed by atoms with E-state index in [-0.39, 0.29) is 6.61 Å². The summed E-state index contributed by atoms with van der Waals surface area (Å²) in [5, 5.41) is 18.8. The van der Waals surface area contributed by atoms with Gasteiger partial charge in [0.15, 0.2) is 0 Å². The third kappa shape index (κ3) is 3.73. The summed E-state index contributed by atoms with van der Waals surface area (Å²) in [6, 6.07) is 8.98. The van der Waals surface area contributed by atoms with Crippen molar-refractivity contribution in [3.8, 4) is 11.8 Å². The van der Waals surface area contributed by atoms with Gasteiger partial charge in [-0.05, 0) is 37.1 Å². The van der Waals surface area contributed by atoms with Crippen LogP contribution in [0.25, 0.3) is 0 Å². The SMILES string of the molecule is N#Cc1ccc(OCC(O)CN2CC3CCC(C2)O3)cc1. The molecule has 0 radical (unpaired) electrons. The van der Waals surface area contributed by atoms with Gasteiger partial charge in [-0.15, -0.1) is 0 Å². The maximum absolute atomic E-state index is 10.1. The minimum absolute atomic E-state index is 0.262. The Kier molecular flexibility index (Phi) is 4.39. The zero-order chi connectivity index (χ0) is 14.7. The van der Waals surface area contributed by atoms with E-state index in [1.54, 1.807) is 24.3 Å². The molecule has 0 amide bonds. The number of hydrogen-bond donors (Lipinski definition) is 1. The molecular formula is C16H20N2O3. The fourth-order valence-electron chi connectivity index (χ4n) is 3.02. The van der Waals surface area contributed by atoms with Crippen LogP contribution in [0.3, 0.4) is 0 Å². The molecule has 2 aliphatic heterocycles.